The Bertz CT molecular complexity index is 1650. The number of aromatic nitrogens is 2. The summed E-state index contributed by atoms with van der Waals surface area (Å²) in [5, 5.41) is 5.52. The number of aryl methyl sites for hydroxylation is 1. The Balaban J connectivity index is 1.32. The third kappa shape index (κ3) is 4.05. The lowest BCUT2D eigenvalue weighted by Gasteiger charge is -2.06. The minimum atomic E-state index is -3.32. The number of nitrogens with zero attached hydrogens (tertiary/aromatic N) is 2. The highest BCUT2D eigenvalue weighted by molar-refractivity contribution is 7.99. The maximum Gasteiger partial charge on any atom is 0.257 e. The Morgan fingerprint density at radius 3 is 2.62 bits per heavy atom. The monoisotopic (exact) mass is 493 g/mol. The molecule has 174 valence electrons. The van der Waals surface area contributed by atoms with Crippen LogP contribution in [0.15, 0.2) is 75.2 Å². The molecule has 0 unspecified atom stereocenters. The van der Waals surface area contributed by atoms with Crippen LogP contribution in [0, 0.1) is 0 Å². The Morgan fingerprint density at radius 2 is 1.82 bits per heavy atom. The van der Waals surface area contributed by atoms with Gasteiger partial charge in [-0.05, 0) is 49.4 Å². The van der Waals surface area contributed by atoms with Crippen molar-refractivity contribution in [2.45, 2.75) is 30.5 Å². The van der Waals surface area contributed by atoms with Crippen LogP contribution in [0.5, 0.6) is 0 Å². The number of amides is 1. The summed E-state index contributed by atoms with van der Waals surface area (Å²) in [4.78, 5) is 17.1. The molecule has 0 aliphatic heterocycles. The van der Waals surface area contributed by atoms with Gasteiger partial charge in [0.25, 0.3) is 5.22 Å². The van der Waals surface area contributed by atoms with Gasteiger partial charge in [0.15, 0.2) is 15.4 Å². The Morgan fingerprint density at radius 1 is 1.03 bits per heavy atom. The van der Waals surface area contributed by atoms with Gasteiger partial charge in [-0.1, -0.05) is 36.9 Å². The zero-order chi connectivity index (χ0) is 23.9. The molecule has 0 spiro atoms. The SMILES string of the molecule is CCn1c2ccccc2c2cc(NC(=O)CSc3nc4cc(S(=O)(=O)CC)ccc4o3)ccc21. The number of sulfone groups is 1. The predicted molar refractivity (Wildman–Crippen MR) is 136 cm³/mol. The molecule has 0 aliphatic rings. The summed E-state index contributed by atoms with van der Waals surface area (Å²) in [5.41, 5.74) is 3.96. The molecule has 7 nitrogen and oxygen atoms in total. The number of oxazole rings is 1. The summed E-state index contributed by atoms with van der Waals surface area (Å²) in [5.74, 6) is -0.0509. The van der Waals surface area contributed by atoms with Crippen LogP contribution in [0.2, 0.25) is 0 Å². The van der Waals surface area contributed by atoms with Gasteiger partial charge in [0, 0.05) is 34.0 Å². The van der Waals surface area contributed by atoms with Crippen molar-refractivity contribution in [1.29, 1.82) is 0 Å². The van der Waals surface area contributed by atoms with Crippen LogP contribution < -0.4 is 5.32 Å². The van der Waals surface area contributed by atoms with Crippen molar-refractivity contribution in [2.75, 3.05) is 16.8 Å². The van der Waals surface area contributed by atoms with Gasteiger partial charge in [0.1, 0.15) is 5.52 Å². The summed E-state index contributed by atoms with van der Waals surface area (Å²) >= 11 is 1.16. The molecule has 1 amide bonds. The van der Waals surface area contributed by atoms with Gasteiger partial charge >= 0.3 is 0 Å². The second-order valence-corrected chi connectivity index (χ2v) is 11.0. The summed E-state index contributed by atoms with van der Waals surface area (Å²) in [6.45, 7) is 4.58. The Labute approximate surface area is 201 Å². The first-order valence-corrected chi connectivity index (χ1v) is 13.6. The molecule has 0 atom stereocenters. The van der Waals surface area contributed by atoms with Crippen molar-refractivity contribution in [2.24, 2.45) is 0 Å². The molecular formula is C25H23N3O4S2. The van der Waals surface area contributed by atoms with E-state index in [-0.39, 0.29) is 22.3 Å². The molecule has 0 saturated carbocycles. The highest BCUT2D eigenvalue weighted by Gasteiger charge is 2.16. The van der Waals surface area contributed by atoms with Crippen LogP contribution in [-0.2, 0) is 21.2 Å². The first-order valence-electron chi connectivity index (χ1n) is 11.0. The molecule has 5 rings (SSSR count). The molecule has 0 aliphatic carbocycles. The Kier molecular flexibility index (Phi) is 5.83. The fraction of sp³-hybridized carbons (Fsp3) is 0.200. The van der Waals surface area contributed by atoms with E-state index in [0.29, 0.717) is 16.3 Å². The third-order valence-corrected chi connectivity index (χ3v) is 8.34. The van der Waals surface area contributed by atoms with Crippen molar-refractivity contribution < 1.29 is 17.6 Å². The molecule has 0 fully saturated rings. The maximum atomic E-state index is 12.6. The molecule has 0 radical (unpaired) electrons. The van der Waals surface area contributed by atoms with E-state index in [4.69, 9.17) is 4.42 Å². The number of para-hydroxylation sites is 1. The van der Waals surface area contributed by atoms with Crippen molar-refractivity contribution in [3.8, 4) is 0 Å². The van der Waals surface area contributed by atoms with Crippen LogP contribution in [-0.4, -0.2) is 35.4 Å². The zero-order valence-electron chi connectivity index (χ0n) is 18.7. The third-order valence-electron chi connectivity index (χ3n) is 5.78. The minimum Gasteiger partial charge on any atom is -0.431 e. The molecule has 2 heterocycles. The number of carbonyl (C=O) groups excluding carboxylic acids is 1. The molecule has 0 bridgehead atoms. The van der Waals surface area contributed by atoms with Gasteiger partial charge in [-0.2, -0.15) is 0 Å². The van der Waals surface area contributed by atoms with Crippen LogP contribution in [0.25, 0.3) is 32.9 Å². The van der Waals surface area contributed by atoms with Crippen molar-refractivity contribution in [3.63, 3.8) is 0 Å². The highest BCUT2D eigenvalue weighted by Crippen LogP contribution is 2.31. The molecule has 9 heteroatoms. The van der Waals surface area contributed by atoms with E-state index >= 15 is 0 Å². The van der Waals surface area contributed by atoms with Gasteiger partial charge in [-0.25, -0.2) is 13.4 Å². The van der Waals surface area contributed by atoms with Crippen molar-refractivity contribution in [3.05, 3.63) is 60.7 Å². The lowest BCUT2D eigenvalue weighted by atomic mass is 10.1. The average Bonchev–Trinajstić information content (AvgIpc) is 3.40. The van der Waals surface area contributed by atoms with Gasteiger partial charge in [-0.3, -0.25) is 4.79 Å². The molecule has 2 aromatic heterocycles. The van der Waals surface area contributed by atoms with Gasteiger partial charge < -0.3 is 14.3 Å². The zero-order valence-corrected chi connectivity index (χ0v) is 20.4. The van der Waals surface area contributed by atoms with Crippen LogP contribution in [0.3, 0.4) is 0 Å². The summed E-state index contributed by atoms with van der Waals surface area (Å²) in [6, 6.07) is 18.8. The number of anilines is 1. The van der Waals surface area contributed by atoms with Gasteiger partial charge in [0.2, 0.25) is 5.91 Å². The largest absolute Gasteiger partial charge is 0.431 e. The normalized spacial score (nSPS) is 12.1. The molecule has 3 aromatic carbocycles. The van der Waals surface area contributed by atoms with E-state index in [9.17, 15) is 13.2 Å². The number of carbonyl (C=O) groups is 1. The summed E-state index contributed by atoms with van der Waals surface area (Å²) < 4.78 is 32.1. The second-order valence-electron chi connectivity index (χ2n) is 7.84. The van der Waals surface area contributed by atoms with Crippen LogP contribution in [0.4, 0.5) is 5.69 Å². The van der Waals surface area contributed by atoms with E-state index in [1.54, 1.807) is 13.0 Å². The van der Waals surface area contributed by atoms with Crippen molar-refractivity contribution in [1.82, 2.24) is 9.55 Å². The number of benzene rings is 3. The number of nitrogens with one attached hydrogen (secondary N) is 1. The van der Waals surface area contributed by atoms with Crippen LogP contribution >= 0.6 is 11.8 Å². The van der Waals surface area contributed by atoms with Gasteiger partial charge in [0.05, 0.1) is 16.4 Å². The van der Waals surface area contributed by atoms with Crippen LogP contribution in [0.1, 0.15) is 13.8 Å². The lowest BCUT2D eigenvalue weighted by Crippen LogP contribution is -2.13. The minimum absolute atomic E-state index is 0.0168. The first-order chi connectivity index (χ1) is 16.4. The predicted octanol–water partition coefficient (Wildman–Crippen LogP) is 5.48. The van der Waals surface area contributed by atoms with E-state index in [0.717, 1.165) is 40.3 Å². The fourth-order valence-corrected chi connectivity index (χ4v) is 5.64. The van der Waals surface area contributed by atoms with E-state index in [1.807, 2.05) is 30.3 Å². The standard InChI is InChI=1S/C25H23N3O4S2/c1-3-28-21-8-6-5-7-18(21)19-13-16(9-11-22(19)28)26-24(29)15-33-25-27-20-14-17(34(30,31)4-2)10-12-23(20)32-25/h5-14H,3-4,15H2,1-2H3,(H,26,29). The van der Waals surface area contributed by atoms with Gasteiger partial charge in [-0.15, -0.1) is 0 Å². The van der Waals surface area contributed by atoms with E-state index < -0.39 is 9.84 Å². The lowest BCUT2D eigenvalue weighted by molar-refractivity contribution is -0.113. The van der Waals surface area contributed by atoms with Crippen molar-refractivity contribution >= 4 is 66.1 Å². The quantitative estimate of drug-likeness (QED) is 0.302. The summed E-state index contributed by atoms with van der Waals surface area (Å²) in [7, 11) is -3.32. The molecule has 0 saturated heterocycles. The molecule has 34 heavy (non-hydrogen) atoms. The molecule has 5 aromatic rings. The fourth-order valence-electron chi connectivity index (χ4n) is 4.10. The maximum absolute atomic E-state index is 12.6. The average molecular weight is 494 g/mol. The number of thioether (sulfide) groups is 1. The first kappa shape index (κ1) is 22.5. The Hall–Kier alpha value is -3.30. The topological polar surface area (TPSA) is 94.2 Å². The number of hydrogen-bond donors (Lipinski definition) is 1. The second kappa shape index (κ2) is 8.81. The highest BCUT2D eigenvalue weighted by atomic mass is 32.2. The number of hydrogen-bond acceptors (Lipinski definition) is 6. The van der Waals surface area contributed by atoms with E-state index in [2.05, 4.69) is 33.9 Å². The smallest absolute Gasteiger partial charge is 0.257 e. The van der Waals surface area contributed by atoms with E-state index in [1.165, 1.54) is 17.6 Å². The molecule has 1 N–H and O–H groups in total. The number of rotatable bonds is 7. The number of fused-ring (bicyclic) bond motifs is 4. The molecular weight excluding hydrogens is 470 g/mol. The summed E-state index contributed by atoms with van der Waals surface area (Å²) in [6.07, 6.45) is 0.